The number of hydrogen-bond donors (Lipinski definition) is 0. The van der Waals surface area contributed by atoms with Crippen LogP contribution in [0.3, 0.4) is 0 Å². The minimum atomic E-state index is -6.84. The highest BCUT2D eigenvalue weighted by Crippen LogP contribution is 2.54. The fourth-order valence-corrected chi connectivity index (χ4v) is 2.00. The third kappa shape index (κ3) is 4.28. The van der Waals surface area contributed by atoms with Gasteiger partial charge in [0.15, 0.2) is 0 Å². The number of benzene rings is 1. The van der Waals surface area contributed by atoms with E-state index >= 15 is 0 Å². The molecule has 0 aliphatic carbocycles. The van der Waals surface area contributed by atoms with Gasteiger partial charge >= 0.3 is 30.9 Å². The van der Waals surface area contributed by atoms with E-state index in [4.69, 9.17) is 0 Å². The Morgan fingerprint density at radius 1 is 0.346 bits per heavy atom. The summed E-state index contributed by atoms with van der Waals surface area (Å²) in [5, 5.41) is 0. The maximum atomic E-state index is 12.8. The second-order valence-corrected chi connectivity index (χ2v) is 4.59. The second kappa shape index (κ2) is 5.84. The first-order chi connectivity index (χ1) is 11.1. The van der Waals surface area contributed by atoms with Crippen molar-refractivity contribution in [2.75, 3.05) is 0 Å². The van der Waals surface area contributed by atoms with Gasteiger partial charge in [0, 0.05) is 0 Å². The van der Waals surface area contributed by atoms with Crippen LogP contribution in [0.4, 0.5) is 65.9 Å². The van der Waals surface area contributed by atoms with Crippen LogP contribution >= 0.6 is 0 Å². The lowest BCUT2D eigenvalue weighted by molar-refractivity contribution is -0.188. The average molecular weight is 418 g/mol. The van der Waals surface area contributed by atoms with E-state index < -0.39 is 64.8 Å². The summed E-state index contributed by atoms with van der Waals surface area (Å²) >= 11 is 0. The zero-order valence-electron chi connectivity index (χ0n) is 11.2. The fourth-order valence-electron chi connectivity index (χ4n) is 2.00. The van der Waals surface area contributed by atoms with Crippen molar-refractivity contribution >= 4 is 0 Å². The Labute approximate surface area is 132 Å². The van der Waals surface area contributed by atoms with Crippen LogP contribution in [0.25, 0.3) is 0 Å². The topological polar surface area (TPSA) is 0 Å². The van der Waals surface area contributed by atoms with Gasteiger partial charge in [-0.25, -0.2) is 0 Å². The van der Waals surface area contributed by atoms with Gasteiger partial charge in [-0.05, 0) is 6.07 Å². The molecule has 0 heterocycles. The van der Waals surface area contributed by atoms with E-state index in [0.717, 1.165) is 0 Å². The van der Waals surface area contributed by atoms with E-state index in [2.05, 4.69) is 0 Å². The maximum Gasteiger partial charge on any atom is 0.417 e. The van der Waals surface area contributed by atoms with Gasteiger partial charge in [-0.3, -0.25) is 0 Å². The Morgan fingerprint density at radius 2 is 0.577 bits per heavy atom. The van der Waals surface area contributed by atoms with E-state index in [1.807, 2.05) is 0 Å². The summed E-state index contributed by atoms with van der Waals surface area (Å²) in [5.41, 5.74) is -19.0. The molecule has 0 N–H and O–H groups in total. The largest absolute Gasteiger partial charge is 0.417 e. The van der Waals surface area contributed by atoms with Crippen LogP contribution in [0.5, 0.6) is 0 Å². The quantitative estimate of drug-likeness (QED) is 0.408. The van der Waals surface area contributed by atoms with Crippen LogP contribution < -0.4 is 0 Å². The third-order valence-corrected chi connectivity index (χ3v) is 2.79. The van der Waals surface area contributed by atoms with E-state index in [1.54, 1.807) is 0 Å². The smallest absolute Gasteiger partial charge is 0.166 e. The van der Waals surface area contributed by atoms with Crippen molar-refractivity contribution in [1.29, 1.82) is 0 Å². The van der Waals surface area contributed by atoms with Gasteiger partial charge in [0.05, 0.1) is 27.8 Å². The molecule has 0 unspecified atom stereocenters. The number of hydrogen-bond acceptors (Lipinski definition) is 0. The predicted molar refractivity (Wildman–Crippen MR) is 51.5 cm³/mol. The molecule has 0 fully saturated rings. The van der Waals surface area contributed by atoms with Crippen LogP contribution in [0.15, 0.2) is 6.07 Å². The SMILES string of the molecule is FC(F)(F)c1cc(C(F)(F)F)c(C(F)(F)F)c(C(F)(F)F)c1C(F)(F)F. The second-order valence-electron chi connectivity index (χ2n) is 4.59. The molecule has 0 spiro atoms. The third-order valence-electron chi connectivity index (χ3n) is 2.79. The van der Waals surface area contributed by atoms with Crippen LogP contribution in [-0.4, -0.2) is 0 Å². The van der Waals surface area contributed by atoms with E-state index in [9.17, 15) is 65.9 Å². The Kier molecular flexibility index (Phi) is 4.99. The number of alkyl halides is 15. The van der Waals surface area contributed by atoms with Crippen molar-refractivity contribution in [2.24, 2.45) is 0 Å². The summed E-state index contributed by atoms with van der Waals surface area (Å²) in [6.07, 6.45) is -33.2. The summed E-state index contributed by atoms with van der Waals surface area (Å²) < 4.78 is 190. The summed E-state index contributed by atoms with van der Waals surface area (Å²) in [6.45, 7) is 0. The van der Waals surface area contributed by atoms with E-state index in [-0.39, 0.29) is 0 Å². The lowest BCUT2D eigenvalue weighted by Gasteiger charge is -2.27. The van der Waals surface area contributed by atoms with Crippen molar-refractivity contribution in [3.05, 3.63) is 33.9 Å². The molecule has 0 aliphatic heterocycles. The molecule has 0 saturated carbocycles. The highest BCUT2D eigenvalue weighted by Gasteiger charge is 2.58. The van der Waals surface area contributed by atoms with Gasteiger partial charge in [0.2, 0.25) is 0 Å². The summed E-state index contributed by atoms with van der Waals surface area (Å²) in [5.74, 6) is 0. The lowest BCUT2D eigenvalue weighted by atomic mass is 9.89. The van der Waals surface area contributed by atoms with Crippen molar-refractivity contribution in [2.45, 2.75) is 30.9 Å². The molecule has 26 heavy (non-hydrogen) atoms. The summed E-state index contributed by atoms with van der Waals surface area (Å²) in [4.78, 5) is 0. The van der Waals surface area contributed by atoms with Gasteiger partial charge in [-0.2, -0.15) is 65.9 Å². The van der Waals surface area contributed by atoms with Crippen LogP contribution in [0, 0.1) is 0 Å². The Hall–Kier alpha value is -1.83. The van der Waals surface area contributed by atoms with Crippen molar-refractivity contribution < 1.29 is 65.9 Å². The standard InChI is InChI=1S/C11HF15/c12-7(13,14)2-1-3(8(15,16)17)5(10(21,22)23)6(11(24,25)26)4(2)9(18,19)20/h1H. The van der Waals surface area contributed by atoms with Crippen molar-refractivity contribution in [1.82, 2.24) is 0 Å². The molecule has 0 aromatic heterocycles. The molecule has 0 bridgehead atoms. The van der Waals surface area contributed by atoms with Gasteiger partial charge < -0.3 is 0 Å². The highest BCUT2D eigenvalue weighted by atomic mass is 19.4. The van der Waals surface area contributed by atoms with Gasteiger partial charge in [-0.15, -0.1) is 0 Å². The monoisotopic (exact) mass is 418 g/mol. The first-order valence-electron chi connectivity index (χ1n) is 5.66. The molecule has 15 heteroatoms. The molecule has 1 aromatic carbocycles. The zero-order chi connectivity index (χ0) is 21.1. The maximum absolute atomic E-state index is 12.8. The summed E-state index contributed by atoms with van der Waals surface area (Å²) in [7, 11) is 0. The zero-order valence-corrected chi connectivity index (χ0v) is 11.2. The molecule has 150 valence electrons. The Bertz CT molecular complexity index is 626. The van der Waals surface area contributed by atoms with Crippen molar-refractivity contribution in [3.63, 3.8) is 0 Å². The molecule has 0 nitrogen and oxygen atoms in total. The minimum Gasteiger partial charge on any atom is -0.166 e. The van der Waals surface area contributed by atoms with E-state index in [1.165, 1.54) is 0 Å². The normalized spacial score (nSPS) is 14.7. The van der Waals surface area contributed by atoms with Gasteiger partial charge in [0.1, 0.15) is 0 Å². The molecule has 0 amide bonds. The van der Waals surface area contributed by atoms with E-state index in [0.29, 0.717) is 0 Å². The fraction of sp³-hybridized carbons (Fsp3) is 0.455. The molecular weight excluding hydrogens is 417 g/mol. The lowest BCUT2D eigenvalue weighted by Crippen LogP contribution is -2.30. The predicted octanol–water partition coefficient (Wildman–Crippen LogP) is 6.78. The first kappa shape index (κ1) is 22.2. The molecule has 0 aliphatic rings. The molecule has 0 saturated heterocycles. The van der Waals surface area contributed by atoms with Crippen LogP contribution in [0.1, 0.15) is 27.8 Å². The first-order valence-corrected chi connectivity index (χ1v) is 5.66. The highest BCUT2D eigenvalue weighted by molar-refractivity contribution is 5.52. The Balaban J connectivity index is 4.41. The van der Waals surface area contributed by atoms with Gasteiger partial charge in [0.25, 0.3) is 0 Å². The van der Waals surface area contributed by atoms with Crippen LogP contribution in [-0.2, 0) is 30.9 Å². The van der Waals surface area contributed by atoms with Crippen LogP contribution in [0.2, 0.25) is 0 Å². The average Bonchev–Trinajstić information content (AvgIpc) is 2.30. The molecular formula is C11HF15. The van der Waals surface area contributed by atoms with Crippen molar-refractivity contribution in [3.8, 4) is 0 Å². The summed E-state index contributed by atoms with van der Waals surface area (Å²) in [6, 6.07) is -1.64. The molecule has 0 radical (unpaired) electrons. The van der Waals surface area contributed by atoms with Gasteiger partial charge in [-0.1, -0.05) is 0 Å². The molecule has 1 rings (SSSR count). The molecule has 1 aromatic rings. The number of halogens is 15. The number of rotatable bonds is 0. The minimum absolute atomic E-state index is 1.64. The Morgan fingerprint density at radius 3 is 0.731 bits per heavy atom. The molecule has 0 atom stereocenters.